The Morgan fingerprint density at radius 2 is 1.62 bits per heavy atom. The van der Waals surface area contributed by atoms with Crippen molar-refractivity contribution in [3.8, 4) is 0 Å². The summed E-state index contributed by atoms with van der Waals surface area (Å²) < 4.78 is 8.63. The van der Waals surface area contributed by atoms with E-state index in [1.54, 1.807) is 12.5 Å². The Morgan fingerprint density at radius 1 is 1.25 bits per heavy atom. The second kappa shape index (κ2) is 5.11. The number of hydrogen-bond acceptors (Lipinski definition) is 5. The molecule has 0 N–H and O–H groups in total. The first-order valence-corrected chi connectivity index (χ1v) is 4.06. The Balaban J connectivity index is 3.06. The van der Waals surface area contributed by atoms with Crippen LogP contribution in [0.25, 0.3) is 0 Å². The molecule has 0 aromatic carbocycles. The first-order chi connectivity index (χ1) is 3.81. The van der Waals surface area contributed by atoms with E-state index in [0.29, 0.717) is 0 Å². The Morgan fingerprint density at radius 3 is 1.88 bits per heavy atom. The Hall–Kier alpha value is -0.0300. The summed E-state index contributed by atoms with van der Waals surface area (Å²) in [5, 5.41) is 0. The van der Waals surface area contributed by atoms with E-state index in [9.17, 15) is 4.79 Å². The first-order valence-electron chi connectivity index (χ1n) is 1.76. The van der Waals surface area contributed by atoms with Gasteiger partial charge in [-0.25, -0.2) is 4.79 Å². The topological polar surface area (TPSA) is 35.5 Å². The van der Waals surface area contributed by atoms with Gasteiger partial charge in [0.1, 0.15) is 0 Å². The van der Waals surface area contributed by atoms with Crippen LogP contribution >= 0.6 is 24.1 Å². The maximum atomic E-state index is 10.2. The summed E-state index contributed by atoms with van der Waals surface area (Å²) in [6, 6.07) is 0. The normalized spacial score (nSPS) is 8.25. The van der Waals surface area contributed by atoms with Crippen molar-refractivity contribution in [1.29, 1.82) is 0 Å². The smallest absolute Gasteiger partial charge is 0.359 e. The van der Waals surface area contributed by atoms with E-state index in [-0.39, 0.29) is 0 Å². The van der Waals surface area contributed by atoms with Crippen LogP contribution in [0, 0.1) is 0 Å². The van der Waals surface area contributed by atoms with E-state index in [2.05, 4.69) is 8.37 Å². The van der Waals surface area contributed by atoms with Gasteiger partial charge in [-0.2, -0.15) is 0 Å². The Bertz CT molecular complexity index is 66.9. The van der Waals surface area contributed by atoms with Crippen LogP contribution in [0.15, 0.2) is 0 Å². The monoisotopic (exact) mass is 154 g/mol. The third-order valence-corrected chi connectivity index (χ3v) is 0.908. The minimum atomic E-state index is -0.662. The van der Waals surface area contributed by atoms with E-state index >= 15 is 0 Å². The molecule has 0 rings (SSSR count). The van der Waals surface area contributed by atoms with Gasteiger partial charge in [0.05, 0.1) is 24.1 Å². The maximum absolute atomic E-state index is 10.2. The van der Waals surface area contributed by atoms with Crippen LogP contribution in [0.5, 0.6) is 0 Å². The van der Waals surface area contributed by atoms with Gasteiger partial charge in [-0.1, -0.05) is 0 Å². The van der Waals surface area contributed by atoms with E-state index in [1.807, 2.05) is 0 Å². The molecule has 8 heavy (non-hydrogen) atoms. The second-order valence-corrected chi connectivity index (χ2v) is 1.75. The molecule has 0 fully saturated rings. The quantitative estimate of drug-likeness (QED) is 0.565. The van der Waals surface area contributed by atoms with Gasteiger partial charge in [-0.15, -0.1) is 0 Å². The van der Waals surface area contributed by atoms with Crippen LogP contribution in [0.2, 0.25) is 0 Å². The van der Waals surface area contributed by atoms with Crippen LogP contribution in [0.1, 0.15) is 0 Å². The van der Waals surface area contributed by atoms with Crippen LogP contribution in [0.4, 0.5) is 4.79 Å². The van der Waals surface area contributed by atoms with Gasteiger partial charge >= 0.3 is 6.16 Å². The summed E-state index contributed by atoms with van der Waals surface area (Å²) in [4.78, 5) is 10.2. The lowest BCUT2D eigenvalue weighted by atomic mass is 11.5. The predicted molar refractivity (Wildman–Crippen MR) is 34.6 cm³/mol. The summed E-state index contributed by atoms with van der Waals surface area (Å²) >= 11 is 1.92. The highest BCUT2D eigenvalue weighted by atomic mass is 32.2. The average Bonchev–Trinajstić information content (AvgIpc) is 1.68. The number of carbonyl (C=O) groups excluding carboxylic acids is 1. The third-order valence-electron chi connectivity index (χ3n) is 0.303. The summed E-state index contributed by atoms with van der Waals surface area (Å²) in [6.07, 6.45) is 2.62. The van der Waals surface area contributed by atoms with Crippen molar-refractivity contribution in [3.05, 3.63) is 0 Å². The molecule has 3 nitrogen and oxygen atoms in total. The van der Waals surface area contributed by atoms with Gasteiger partial charge in [-0.3, -0.25) is 0 Å². The molecule has 5 heteroatoms. The van der Waals surface area contributed by atoms with Crippen molar-refractivity contribution in [2.75, 3.05) is 12.5 Å². The number of rotatable bonds is 2. The van der Waals surface area contributed by atoms with E-state index < -0.39 is 6.16 Å². The fraction of sp³-hybridized carbons (Fsp3) is 0.667. The molecule has 0 aromatic heterocycles. The first kappa shape index (κ1) is 7.97. The summed E-state index contributed by atoms with van der Waals surface area (Å²) in [5.74, 6) is 0. The van der Waals surface area contributed by atoms with E-state index in [1.165, 1.54) is 0 Å². The maximum Gasteiger partial charge on any atom is 0.533 e. The third kappa shape index (κ3) is 4.14. The molecule has 0 saturated carbocycles. The fourth-order valence-electron chi connectivity index (χ4n) is 0.150. The van der Waals surface area contributed by atoms with Crippen molar-refractivity contribution in [2.24, 2.45) is 0 Å². The Labute approximate surface area is 56.5 Å². The highest BCUT2D eigenvalue weighted by Gasteiger charge is 1.99. The van der Waals surface area contributed by atoms with Crippen LogP contribution < -0.4 is 0 Å². The molecular formula is C3H6O3S2. The molecular weight excluding hydrogens is 148 g/mol. The van der Waals surface area contributed by atoms with Crippen molar-refractivity contribution >= 4 is 30.2 Å². The van der Waals surface area contributed by atoms with Crippen molar-refractivity contribution in [1.82, 2.24) is 0 Å². The molecule has 0 unspecified atom stereocenters. The minimum absolute atomic E-state index is 0.662. The summed E-state index contributed by atoms with van der Waals surface area (Å²) in [7, 11) is 0. The molecule has 0 aliphatic rings. The van der Waals surface area contributed by atoms with Crippen molar-refractivity contribution < 1.29 is 13.2 Å². The standard InChI is InChI=1S/C3H6O3S2/c1-7-5-3(4)6-8-2/h1-2H3. The second-order valence-electron chi connectivity index (χ2n) is 0.750. The van der Waals surface area contributed by atoms with Gasteiger partial charge in [0, 0.05) is 12.5 Å². The summed E-state index contributed by atoms with van der Waals surface area (Å²) in [5.41, 5.74) is 0. The lowest BCUT2D eigenvalue weighted by Gasteiger charge is -1.94. The molecule has 0 aliphatic carbocycles. The number of hydrogen-bond donors (Lipinski definition) is 0. The van der Waals surface area contributed by atoms with Crippen LogP contribution in [-0.2, 0) is 8.37 Å². The predicted octanol–water partition coefficient (Wildman–Crippen LogP) is 1.70. The van der Waals surface area contributed by atoms with Gasteiger partial charge in [-0.05, 0) is 0 Å². The molecule has 0 atom stereocenters. The van der Waals surface area contributed by atoms with E-state index in [0.717, 1.165) is 24.1 Å². The van der Waals surface area contributed by atoms with Crippen molar-refractivity contribution in [3.63, 3.8) is 0 Å². The highest BCUT2D eigenvalue weighted by Crippen LogP contribution is 2.03. The summed E-state index contributed by atoms with van der Waals surface area (Å²) in [6.45, 7) is 0. The lowest BCUT2D eigenvalue weighted by Crippen LogP contribution is -1.94. The number of carbonyl (C=O) groups is 1. The molecule has 0 aromatic rings. The molecule has 48 valence electrons. The van der Waals surface area contributed by atoms with Crippen LogP contribution in [-0.4, -0.2) is 18.7 Å². The zero-order chi connectivity index (χ0) is 6.41. The molecule has 0 spiro atoms. The minimum Gasteiger partial charge on any atom is -0.359 e. The highest BCUT2D eigenvalue weighted by molar-refractivity contribution is 7.95. The largest absolute Gasteiger partial charge is 0.533 e. The van der Waals surface area contributed by atoms with Gasteiger partial charge in [0.25, 0.3) is 0 Å². The Kier molecular flexibility index (Phi) is 5.09. The lowest BCUT2D eigenvalue weighted by molar-refractivity contribution is 0.169. The molecule has 0 radical (unpaired) electrons. The van der Waals surface area contributed by atoms with Crippen LogP contribution in [0.3, 0.4) is 0 Å². The molecule has 0 amide bonds. The van der Waals surface area contributed by atoms with E-state index in [4.69, 9.17) is 0 Å². The zero-order valence-corrected chi connectivity index (χ0v) is 6.17. The van der Waals surface area contributed by atoms with Gasteiger partial charge < -0.3 is 8.37 Å². The van der Waals surface area contributed by atoms with Gasteiger partial charge in [0.2, 0.25) is 0 Å². The van der Waals surface area contributed by atoms with Gasteiger partial charge in [0.15, 0.2) is 0 Å². The average molecular weight is 154 g/mol. The molecule has 0 saturated heterocycles. The SMILES string of the molecule is CSOC(=O)OSC. The molecule has 0 heterocycles. The molecule has 0 aliphatic heterocycles. The van der Waals surface area contributed by atoms with Crippen molar-refractivity contribution in [2.45, 2.75) is 0 Å². The zero-order valence-electron chi connectivity index (χ0n) is 4.54. The fourth-order valence-corrected chi connectivity index (χ4v) is 0.533. The molecule has 0 bridgehead atoms.